The van der Waals surface area contributed by atoms with Gasteiger partial charge in [-0.1, -0.05) is 122 Å². The van der Waals surface area contributed by atoms with Gasteiger partial charge in [-0.05, 0) is 32.1 Å². The van der Waals surface area contributed by atoms with Gasteiger partial charge in [0.15, 0.2) is 0 Å². The highest BCUT2D eigenvalue weighted by atomic mass is 16.5. The molecule has 0 radical (unpaired) electrons. The molecule has 0 aliphatic carbocycles. The lowest BCUT2D eigenvalue weighted by atomic mass is 9.97. The second-order valence-electron chi connectivity index (χ2n) is 9.35. The number of carbonyl (C=O) groups is 2. The molecule has 33 heavy (non-hydrogen) atoms. The van der Waals surface area contributed by atoms with Crippen LogP contribution in [0.1, 0.15) is 135 Å². The van der Waals surface area contributed by atoms with E-state index in [2.05, 4.69) is 25.7 Å². The third kappa shape index (κ3) is 23.4. The Kier molecular flexibility index (Phi) is 23.9. The number of hydrogen-bond donors (Lipinski definition) is 1. The number of hydrogen-bond acceptors (Lipinski definition) is 3. The highest BCUT2D eigenvalue weighted by Crippen LogP contribution is 2.18. The van der Waals surface area contributed by atoms with Crippen molar-refractivity contribution >= 4 is 11.9 Å². The molecule has 1 unspecified atom stereocenters. The summed E-state index contributed by atoms with van der Waals surface area (Å²) in [6, 6.07) is 0. The Bertz CT molecular complexity index is 498. The van der Waals surface area contributed by atoms with Gasteiger partial charge in [-0.15, -0.1) is 0 Å². The lowest BCUT2D eigenvalue weighted by Crippen LogP contribution is -2.21. The normalized spacial score (nSPS) is 12.2. The first-order chi connectivity index (χ1) is 16.1. The van der Waals surface area contributed by atoms with Crippen molar-refractivity contribution in [1.29, 1.82) is 0 Å². The van der Waals surface area contributed by atoms with E-state index in [4.69, 9.17) is 9.84 Å². The van der Waals surface area contributed by atoms with Crippen LogP contribution in [0.2, 0.25) is 0 Å². The SMILES string of the molecule is C=CCOC(=O)C(CCCCCCCC/C=C/CCCCCCCCCCCC)CC(=O)O. The maximum Gasteiger partial charge on any atom is 0.309 e. The maximum atomic E-state index is 11.9. The summed E-state index contributed by atoms with van der Waals surface area (Å²) in [5.74, 6) is -1.90. The van der Waals surface area contributed by atoms with Gasteiger partial charge in [-0.25, -0.2) is 0 Å². The van der Waals surface area contributed by atoms with E-state index in [1.807, 2.05) is 0 Å². The van der Waals surface area contributed by atoms with Crippen LogP contribution in [-0.2, 0) is 14.3 Å². The molecule has 0 rings (SSSR count). The number of ether oxygens (including phenoxy) is 1. The molecule has 0 amide bonds. The van der Waals surface area contributed by atoms with Crippen molar-refractivity contribution in [2.45, 2.75) is 135 Å². The van der Waals surface area contributed by atoms with Gasteiger partial charge in [-0.2, -0.15) is 0 Å². The summed E-state index contributed by atoms with van der Waals surface area (Å²) < 4.78 is 5.02. The molecular formula is C29H52O4. The summed E-state index contributed by atoms with van der Waals surface area (Å²) in [4.78, 5) is 22.9. The van der Waals surface area contributed by atoms with Crippen LogP contribution in [0.4, 0.5) is 0 Å². The minimum atomic E-state index is -0.947. The average molecular weight is 465 g/mol. The van der Waals surface area contributed by atoms with Crippen LogP contribution < -0.4 is 0 Å². The van der Waals surface area contributed by atoms with E-state index in [9.17, 15) is 9.59 Å². The third-order valence-electron chi connectivity index (χ3n) is 6.16. The van der Waals surface area contributed by atoms with Gasteiger partial charge in [0.25, 0.3) is 0 Å². The van der Waals surface area contributed by atoms with E-state index in [1.54, 1.807) is 0 Å². The second-order valence-corrected chi connectivity index (χ2v) is 9.35. The van der Waals surface area contributed by atoms with Crippen LogP contribution in [0.5, 0.6) is 0 Å². The molecule has 0 aliphatic rings. The molecule has 0 saturated heterocycles. The number of carboxylic acid groups (broad SMARTS) is 1. The average Bonchev–Trinajstić information content (AvgIpc) is 2.80. The van der Waals surface area contributed by atoms with Crippen molar-refractivity contribution in [3.63, 3.8) is 0 Å². The van der Waals surface area contributed by atoms with E-state index < -0.39 is 17.9 Å². The number of carboxylic acids is 1. The van der Waals surface area contributed by atoms with Crippen LogP contribution in [0.3, 0.4) is 0 Å². The fraction of sp³-hybridized carbons (Fsp3) is 0.793. The van der Waals surface area contributed by atoms with Crippen molar-refractivity contribution in [3.05, 3.63) is 24.8 Å². The maximum absolute atomic E-state index is 11.9. The molecule has 4 nitrogen and oxygen atoms in total. The molecule has 0 aromatic carbocycles. The fourth-order valence-corrected chi connectivity index (χ4v) is 4.12. The standard InChI is InChI=1S/C29H52O4/c1-3-5-6-7-8-9-10-11-12-13-14-15-16-17-18-19-20-21-22-23-24-27(26-28(30)31)29(32)33-25-4-2/h4,15-16,27H,2-3,5-14,17-26H2,1H3,(H,30,31)/b16-15+. The molecule has 0 aromatic heterocycles. The van der Waals surface area contributed by atoms with Crippen LogP contribution >= 0.6 is 0 Å². The summed E-state index contributed by atoms with van der Waals surface area (Å²) in [6.45, 7) is 5.93. The predicted octanol–water partition coefficient (Wildman–Crippen LogP) is 8.79. The summed E-state index contributed by atoms with van der Waals surface area (Å²) in [5.41, 5.74) is 0. The Hall–Kier alpha value is -1.58. The van der Waals surface area contributed by atoms with E-state index >= 15 is 0 Å². The monoisotopic (exact) mass is 464 g/mol. The van der Waals surface area contributed by atoms with E-state index in [0.29, 0.717) is 6.42 Å². The van der Waals surface area contributed by atoms with Gasteiger partial charge in [0, 0.05) is 0 Å². The van der Waals surface area contributed by atoms with Gasteiger partial charge in [0.2, 0.25) is 0 Å². The molecule has 0 aromatic rings. The molecule has 1 N–H and O–H groups in total. The van der Waals surface area contributed by atoms with Gasteiger partial charge in [0.05, 0.1) is 12.3 Å². The Morgan fingerprint density at radius 3 is 1.67 bits per heavy atom. The zero-order chi connectivity index (χ0) is 24.4. The first-order valence-electron chi connectivity index (χ1n) is 13.8. The van der Waals surface area contributed by atoms with Crippen molar-refractivity contribution < 1.29 is 19.4 Å². The van der Waals surface area contributed by atoms with Crippen LogP contribution in [-0.4, -0.2) is 23.7 Å². The summed E-state index contributed by atoms with van der Waals surface area (Å²) in [7, 11) is 0. The number of aliphatic carboxylic acids is 1. The zero-order valence-corrected chi connectivity index (χ0v) is 21.5. The molecule has 0 bridgehead atoms. The van der Waals surface area contributed by atoms with Gasteiger partial charge in [-0.3, -0.25) is 9.59 Å². The summed E-state index contributed by atoms with van der Waals surface area (Å²) >= 11 is 0. The first-order valence-corrected chi connectivity index (χ1v) is 13.8. The number of carbonyl (C=O) groups excluding carboxylic acids is 1. The minimum Gasteiger partial charge on any atom is -0.481 e. The zero-order valence-electron chi connectivity index (χ0n) is 21.5. The molecule has 0 saturated carbocycles. The van der Waals surface area contributed by atoms with Crippen molar-refractivity contribution in [3.8, 4) is 0 Å². The van der Waals surface area contributed by atoms with E-state index in [1.165, 1.54) is 102 Å². The molecule has 4 heteroatoms. The number of allylic oxidation sites excluding steroid dienone is 2. The predicted molar refractivity (Wildman–Crippen MR) is 139 cm³/mol. The fourth-order valence-electron chi connectivity index (χ4n) is 4.12. The summed E-state index contributed by atoms with van der Waals surface area (Å²) in [6.07, 6.45) is 29.7. The van der Waals surface area contributed by atoms with Crippen LogP contribution in [0.25, 0.3) is 0 Å². The second kappa shape index (κ2) is 25.1. The minimum absolute atomic E-state index is 0.142. The highest BCUT2D eigenvalue weighted by molar-refractivity contribution is 5.79. The third-order valence-corrected chi connectivity index (χ3v) is 6.16. The van der Waals surface area contributed by atoms with Gasteiger partial charge >= 0.3 is 11.9 Å². The number of esters is 1. The topological polar surface area (TPSA) is 63.6 Å². The quantitative estimate of drug-likeness (QED) is 0.0832. The number of rotatable bonds is 25. The van der Waals surface area contributed by atoms with Crippen molar-refractivity contribution in [1.82, 2.24) is 0 Å². The van der Waals surface area contributed by atoms with Crippen molar-refractivity contribution in [2.75, 3.05) is 6.61 Å². The number of unbranched alkanes of at least 4 members (excludes halogenated alkanes) is 16. The largest absolute Gasteiger partial charge is 0.481 e. The molecular weight excluding hydrogens is 412 g/mol. The lowest BCUT2D eigenvalue weighted by Gasteiger charge is -2.13. The Labute approximate surface area is 204 Å². The molecule has 192 valence electrons. The Balaban J connectivity index is 3.48. The van der Waals surface area contributed by atoms with E-state index in [0.717, 1.165) is 19.3 Å². The van der Waals surface area contributed by atoms with Gasteiger partial charge in [0.1, 0.15) is 6.61 Å². The van der Waals surface area contributed by atoms with Crippen LogP contribution in [0, 0.1) is 5.92 Å². The lowest BCUT2D eigenvalue weighted by molar-refractivity contribution is -0.152. The summed E-state index contributed by atoms with van der Waals surface area (Å²) in [5, 5.41) is 8.99. The molecule has 0 heterocycles. The Morgan fingerprint density at radius 2 is 1.21 bits per heavy atom. The smallest absolute Gasteiger partial charge is 0.309 e. The first kappa shape index (κ1) is 31.4. The Morgan fingerprint density at radius 1 is 0.758 bits per heavy atom. The van der Waals surface area contributed by atoms with Crippen molar-refractivity contribution in [2.24, 2.45) is 5.92 Å². The van der Waals surface area contributed by atoms with E-state index in [-0.39, 0.29) is 13.0 Å². The molecule has 1 atom stereocenters. The molecule has 0 spiro atoms. The highest BCUT2D eigenvalue weighted by Gasteiger charge is 2.22. The molecule has 0 fully saturated rings. The van der Waals surface area contributed by atoms with Gasteiger partial charge < -0.3 is 9.84 Å². The molecule has 0 aliphatic heterocycles. The van der Waals surface area contributed by atoms with Crippen LogP contribution in [0.15, 0.2) is 24.8 Å².